The molecule has 0 saturated carbocycles. The predicted octanol–water partition coefficient (Wildman–Crippen LogP) is 7.89. The lowest BCUT2D eigenvalue weighted by molar-refractivity contribution is -0.116. The Balaban J connectivity index is 1.38. The molecule has 0 heterocycles. The van der Waals surface area contributed by atoms with Crippen LogP contribution in [0.4, 0.5) is 11.4 Å². The summed E-state index contributed by atoms with van der Waals surface area (Å²) in [6.45, 7) is 1.99. The van der Waals surface area contributed by atoms with E-state index in [0.717, 1.165) is 16.0 Å². The number of thioether (sulfide) groups is 1. The van der Waals surface area contributed by atoms with Gasteiger partial charge in [-0.2, -0.15) is 0 Å². The van der Waals surface area contributed by atoms with Crippen molar-refractivity contribution in [3.05, 3.63) is 161 Å². The number of rotatable bonds is 11. The molecule has 0 bridgehead atoms. The summed E-state index contributed by atoms with van der Waals surface area (Å²) in [6.07, 6.45) is 1.60. The minimum atomic E-state index is -0.554. The van der Waals surface area contributed by atoms with E-state index in [2.05, 4.69) is 16.0 Å². The lowest BCUT2D eigenvalue weighted by Crippen LogP contribution is -2.30. The molecule has 1 atom stereocenters. The van der Waals surface area contributed by atoms with Gasteiger partial charge in [0.2, 0.25) is 5.91 Å². The first-order valence-electron chi connectivity index (χ1n) is 14.6. The number of benzene rings is 5. The monoisotopic (exact) mass is 627 g/mol. The standard InChI is InChI=1S/C38H33N3O4S/c1-26-19-21-30(22-20-26)39-38(44)35(28-12-5-3-6-13-28)46-33-18-10-16-31(25-33)40-37(43)34(24-27-11-9-17-32(23-27)45-2)41-36(42)29-14-7-4-8-15-29/h3-25,35H,1-2H3,(H,39,44)(H,40,43)(H,41,42)/b34-24-. The number of ether oxygens (including phenoxy) is 1. The summed E-state index contributed by atoms with van der Waals surface area (Å²) in [5.41, 5.74) is 4.32. The molecule has 3 amide bonds. The van der Waals surface area contributed by atoms with E-state index in [0.29, 0.717) is 28.3 Å². The van der Waals surface area contributed by atoms with Crippen LogP contribution in [0, 0.1) is 6.92 Å². The first-order chi connectivity index (χ1) is 22.4. The zero-order valence-electron chi connectivity index (χ0n) is 25.4. The molecular weight excluding hydrogens is 595 g/mol. The molecule has 5 rings (SSSR count). The van der Waals surface area contributed by atoms with Crippen LogP contribution in [0.15, 0.2) is 144 Å². The smallest absolute Gasteiger partial charge is 0.272 e. The van der Waals surface area contributed by atoms with Crippen LogP contribution >= 0.6 is 11.8 Å². The fraction of sp³-hybridized carbons (Fsp3) is 0.0789. The third-order valence-corrected chi connectivity index (χ3v) is 8.19. The van der Waals surface area contributed by atoms with Crippen molar-refractivity contribution in [3.63, 3.8) is 0 Å². The van der Waals surface area contributed by atoms with Gasteiger partial charge in [0.25, 0.3) is 11.8 Å². The Labute approximate surface area is 272 Å². The van der Waals surface area contributed by atoms with Gasteiger partial charge < -0.3 is 20.7 Å². The van der Waals surface area contributed by atoms with Crippen molar-refractivity contribution < 1.29 is 19.1 Å². The maximum absolute atomic E-state index is 13.6. The Bertz CT molecular complexity index is 1840. The molecule has 5 aromatic rings. The fourth-order valence-electron chi connectivity index (χ4n) is 4.57. The second-order valence-electron chi connectivity index (χ2n) is 10.4. The van der Waals surface area contributed by atoms with Crippen LogP contribution in [0.3, 0.4) is 0 Å². The molecule has 0 aliphatic heterocycles. The quantitative estimate of drug-likeness (QED) is 0.102. The Kier molecular flexibility index (Phi) is 10.7. The number of hydrogen-bond acceptors (Lipinski definition) is 5. The number of amides is 3. The maximum Gasteiger partial charge on any atom is 0.272 e. The average Bonchev–Trinajstić information content (AvgIpc) is 3.09. The summed E-state index contributed by atoms with van der Waals surface area (Å²) in [5, 5.41) is 8.14. The topological polar surface area (TPSA) is 96.5 Å². The minimum Gasteiger partial charge on any atom is -0.497 e. The summed E-state index contributed by atoms with van der Waals surface area (Å²) in [4.78, 5) is 41.0. The van der Waals surface area contributed by atoms with Gasteiger partial charge in [0.1, 0.15) is 16.7 Å². The predicted molar refractivity (Wildman–Crippen MR) is 185 cm³/mol. The molecular formula is C38H33N3O4S. The average molecular weight is 628 g/mol. The Hall–Kier alpha value is -5.60. The largest absolute Gasteiger partial charge is 0.497 e. The number of hydrogen-bond donors (Lipinski definition) is 3. The van der Waals surface area contributed by atoms with E-state index in [9.17, 15) is 14.4 Å². The third-order valence-electron chi connectivity index (χ3n) is 6.94. The summed E-state index contributed by atoms with van der Waals surface area (Å²) in [5.74, 6) is -0.473. The van der Waals surface area contributed by atoms with Crippen LogP contribution in [0.2, 0.25) is 0 Å². The highest BCUT2D eigenvalue weighted by molar-refractivity contribution is 8.00. The zero-order valence-corrected chi connectivity index (χ0v) is 26.2. The summed E-state index contributed by atoms with van der Waals surface area (Å²) >= 11 is 1.38. The second-order valence-corrected chi connectivity index (χ2v) is 11.6. The van der Waals surface area contributed by atoms with Crippen LogP contribution in [0.5, 0.6) is 5.75 Å². The van der Waals surface area contributed by atoms with Gasteiger partial charge in [-0.25, -0.2) is 0 Å². The van der Waals surface area contributed by atoms with E-state index in [1.54, 1.807) is 67.8 Å². The SMILES string of the molecule is COc1cccc(/C=C(\NC(=O)c2ccccc2)C(=O)Nc2cccc(SC(C(=O)Nc3ccc(C)cc3)c3ccccc3)c2)c1. The van der Waals surface area contributed by atoms with E-state index >= 15 is 0 Å². The number of methoxy groups -OCH3 is 1. The molecule has 7 nitrogen and oxygen atoms in total. The van der Waals surface area contributed by atoms with E-state index in [1.165, 1.54) is 11.8 Å². The van der Waals surface area contributed by atoms with Crippen molar-refractivity contribution in [2.45, 2.75) is 17.1 Å². The van der Waals surface area contributed by atoms with Crippen molar-refractivity contribution in [3.8, 4) is 5.75 Å². The van der Waals surface area contributed by atoms with Crippen LogP contribution in [-0.2, 0) is 9.59 Å². The minimum absolute atomic E-state index is 0.0554. The second kappa shape index (κ2) is 15.4. The Morgan fingerprint density at radius 2 is 1.41 bits per heavy atom. The highest BCUT2D eigenvalue weighted by Crippen LogP contribution is 2.37. The van der Waals surface area contributed by atoms with Crippen LogP contribution < -0.4 is 20.7 Å². The highest BCUT2D eigenvalue weighted by atomic mass is 32.2. The molecule has 0 aliphatic rings. The fourth-order valence-corrected chi connectivity index (χ4v) is 5.65. The molecule has 46 heavy (non-hydrogen) atoms. The van der Waals surface area contributed by atoms with Gasteiger partial charge >= 0.3 is 0 Å². The molecule has 0 fully saturated rings. The zero-order chi connectivity index (χ0) is 32.3. The number of aryl methyl sites for hydroxylation is 1. The van der Waals surface area contributed by atoms with Gasteiger partial charge in [0.15, 0.2) is 0 Å². The van der Waals surface area contributed by atoms with Crippen molar-refractivity contribution in [2.24, 2.45) is 0 Å². The lowest BCUT2D eigenvalue weighted by atomic mass is 10.1. The van der Waals surface area contributed by atoms with Gasteiger partial charge in [-0.1, -0.05) is 84.4 Å². The van der Waals surface area contributed by atoms with Crippen LogP contribution in [-0.4, -0.2) is 24.8 Å². The van der Waals surface area contributed by atoms with E-state index in [1.807, 2.05) is 85.8 Å². The number of carbonyl (C=O) groups is 3. The third kappa shape index (κ3) is 8.74. The molecule has 0 spiro atoms. The number of nitrogens with one attached hydrogen (secondary N) is 3. The molecule has 0 aliphatic carbocycles. The number of carbonyl (C=O) groups excluding carboxylic acids is 3. The van der Waals surface area contributed by atoms with Crippen molar-refractivity contribution in [2.75, 3.05) is 17.7 Å². The van der Waals surface area contributed by atoms with Gasteiger partial charge in [-0.3, -0.25) is 14.4 Å². The van der Waals surface area contributed by atoms with Crippen molar-refractivity contribution >= 4 is 46.9 Å². The van der Waals surface area contributed by atoms with Gasteiger partial charge in [-0.15, -0.1) is 11.8 Å². The lowest BCUT2D eigenvalue weighted by Gasteiger charge is -2.18. The molecule has 8 heteroatoms. The van der Waals surface area contributed by atoms with Crippen LogP contribution in [0.1, 0.15) is 32.3 Å². The molecule has 230 valence electrons. The molecule has 0 saturated heterocycles. The molecule has 5 aromatic carbocycles. The normalized spacial score (nSPS) is 11.7. The van der Waals surface area contributed by atoms with Gasteiger partial charge in [0.05, 0.1) is 7.11 Å². The highest BCUT2D eigenvalue weighted by Gasteiger charge is 2.23. The van der Waals surface area contributed by atoms with Crippen molar-refractivity contribution in [1.82, 2.24) is 5.32 Å². The molecule has 0 radical (unpaired) electrons. The Morgan fingerprint density at radius 1 is 0.717 bits per heavy atom. The van der Waals surface area contributed by atoms with E-state index in [4.69, 9.17) is 4.74 Å². The van der Waals surface area contributed by atoms with E-state index in [-0.39, 0.29) is 11.6 Å². The maximum atomic E-state index is 13.6. The number of anilines is 2. The first-order valence-corrected chi connectivity index (χ1v) is 15.5. The summed E-state index contributed by atoms with van der Waals surface area (Å²) < 4.78 is 5.33. The van der Waals surface area contributed by atoms with Crippen LogP contribution in [0.25, 0.3) is 6.08 Å². The Morgan fingerprint density at radius 3 is 2.13 bits per heavy atom. The van der Waals surface area contributed by atoms with Gasteiger partial charge in [-0.05, 0) is 78.7 Å². The molecule has 3 N–H and O–H groups in total. The molecule has 0 aromatic heterocycles. The summed E-state index contributed by atoms with van der Waals surface area (Å²) in [7, 11) is 1.56. The van der Waals surface area contributed by atoms with Gasteiger partial charge in [0, 0.05) is 21.8 Å². The first kappa shape index (κ1) is 31.8. The van der Waals surface area contributed by atoms with Crippen molar-refractivity contribution in [1.29, 1.82) is 0 Å². The molecule has 1 unspecified atom stereocenters. The summed E-state index contributed by atoms with van der Waals surface area (Å²) in [6, 6.07) is 40.3. The van der Waals surface area contributed by atoms with E-state index < -0.39 is 17.1 Å².